The molecule has 0 atom stereocenters. The van der Waals surface area contributed by atoms with E-state index in [-0.39, 0.29) is 24.6 Å². The molecule has 0 spiro atoms. The highest BCUT2D eigenvalue weighted by Gasteiger charge is 2.21. The van der Waals surface area contributed by atoms with E-state index in [1.54, 1.807) is 26.0 Å². The number of esters is 2. The van der Waals surface area contributed by atoms with E-state index in [4.69, 9.17) is 9.47 Å². The summed E-state index contributed by atoms with van der Waals surface area (Å²) in [5.74, 6) is -1.22. The molecule has 8 heteroatoms. The van der Waals surface area contributed by atoms with E-state index in [1.165, 1.54) is 6.07 Å². The van der Waals surface area contributed by atoms with E-state index in [1.807, 2.05) is 17.0 Å². The minimum absolute atomic E-state index is 0.00521. The van der Waals surface area contributed by atoms with Gasteiger partial charge in [0.25, 0.3) is 0 Å². The van der Waals surface area contributed by atoms with Crippen LogP contribution < -0.4 is 5.36 Å². The predicted molar refractivity (Wildman–Crippen MR) is 89.8 cm³/mol. The molecule has 134 valence electrons. The number of pyridine rings is 1. The van der Waals surface area contributed by atoms with Gasteiger partial charge in [-0.25, -0.2) is 9.59 Å². The first kappa shape index (κ1) is 18.4. The standard InChI is InChI=1S/C17H22N4O4/c1-4-9-20-10-7-13(8-11-20)18-21-15(17(23)25-6-3)12-14(19-21)16(22)24-5-2/h7-8,10-12H,4-6,9H2,1-3H3. The summed E-state index contributed by atoms with van der Waals surface area (Å²) in [6.45, 7) is 6.82. The van der Waals surface area contributed by atoms with Crippen molar-refractivity contribution < 1.29 is 19.1 Å². The number of hydrogen-bond acceptors (Lipinski definition) is 6. The first-order chi connectivity index (χ1) is 12.1. The number of ether oxygens (including phenoxy) is 2. The molecule has 25 heavy (non-hydrogen) atoms. The SMILES string of the molecule is CCCn1ccc(=Nn2nc(C(=O)OCC)cc2C(=O)OCC)cc1. The number of rotatable bonds is 7. The van der Waals surface area contributed by atoms with Crippen molar-refractivity contribution in [2.24, 2.45) is 5.10 Å². The Bertz CT molecular complexity index is 787. The van der Waals surface area contributed by atoms with Gasteiger partial charge in [-0.1, -0.05) is 6.92 Å². The number of aromatic nitrogens is 3. The number of nitrogens with zero attached hydrogens (tertiary/aromatic N) is 4. The van der Waals surface area contributed by atoms with Crippen LogP contribution in [0.3, 0.4) is 0 Å². The second-order valence-electron chi connectivity index (χ2n) is 5.14. The third-order valence-corrected chi connectivity index (χ3v) is 3.23. The van der Waals surface area contributed by atoms with E-state index < -0.39 is 11.9 Å². The molecule has 8 nitrogen and oxygen atoms in total. The highest BCUT2D eigenvalue weighted by Crippen LogP contribution is 2.08. The summed E-state index contributed by atoms with van der Waals surface area (Å²) in [6.07, 6.45) is 4.81. The van der Waals surface area contributed by atoms with Crippen molar-refractivity contribution in [3.63, 3.8) is 0 Å². The zero-order valence-corrected chi connectivity index (χ0v) is 14.6. The molecule has 2 rings (SSSR count). The van der Waals surface area contributed by atoms with Gasteiger partial charge in [-0.2, -0.15) is 5.10 Å². The lowest BCUT2D eigenvalue weighted by Gasteiger charge is -2.03. The van der Waals surface area contributed by atoms with Crippen LogP contribution in [0.25, 0.3) is 0 Å². The maximum Gasteiger partial charge on any atom is 0.358 e. The first-order valence-electron chi connectivity index (χ1n) is 8.24. The van der Waals surface area contributed by atoms with Crippen LogP contribution in [0.2, 0.25) is 0 Å². The Morgan fingerprint density at radius 1 is 1.08 bits per heavy atom. The number of hydrogen-bond donors (Lipinski definition) is 0. The molecular weight excluding hydrogens is 324 g/mol. The fourth-order valence-corrected chi connectivity index (χ4v) is 2.13. The molecule has 2 heterocycles. The summed E-state index contributed by atoms with van der Waals surface area (Å²) < 4.78 is 11.9. The molecule has 0 N–H and O–H groups in total. The van der Waals surface area contributed by atoms with Gasteiger partial charge in [0, 0.05) is 25.0 Å². The summed E-state index contributed by atoms with van der Waals surface area (Å²) in [5.41, 5.74) is 0.0702. The Kier molecular flexibility index (Phi) is 6.50. The van der Waals surface area contributed by atoms with E-state index in [0.717, 1.165) is 17.8 Å². The van der Waals surface area contributed by atoms with Crippen LogP contribution in [0.1, 0.15) is 48.2 Å². The van der Waals surface area contributed by atoms with Crippen LogP contribution >= 0.6 is 0 Å². The second-order valence-corrected chi connectivity index (χ2v) is 5.14. The van der Waals surface area contributed by atoms with Crippen LogP contribution in [0, 0.1) is 0 Å². The fraction of sp³-hybridized carbons (Fsp3) is 0.412. The second kappa shape index (κ2) is 8.81. The third-order valence-electron chi connectivity index (χ3n) is 3.23. The Morgan fingerprint density at radius 2 is 1.72 bits per heavy atom. The van der Waals surface area contributed by atoms with Gasteiger partial charge < -0.3 is 14.0 Å². The lowest BCUT2D eigenvalue weighted by Crippen LogP contribution is -2.14. The molecule has 0 aliphatic rings. The van der Waals surface area contributed by atoms with Crippen molar-refractivity contribution in [1.29, 1.82) is 0 Å². The van der Waals surface area contributed by atoms with Crippen LogP contribution in [0.4, 0.5) is 0 Å². The quantitative estimate of drug-likeness (QED) is 0.714. The van der Waals surface area contributed by atoms with Gasteiger partial charge in [0.15, 0.2) is 11.4 Å². The van der Waals surface area contributed by atoms with Crippen LogP contribution in [-0.4, -0.2) is 39.6 Å². The van der Waals surface area contributed by atoms with Crippen molar-refractivity contribution in [3.05, 3.63) is 47.3 Å². The van der Waals surface area contributed by atoms with E-state index in [9.17, 15) is 9.59 Å². The summed E-state index contributed by atoms with van der Waals surface area (Å²) in [7, 11) is 0. The number of aryl methyl sites for hydroxylation is 1. The zero-order chi connectivity index (χ0) is 18.2. The van der Waals surface area contributed by atoms with Crippen molar-refractivity contribution >= 4 is 11.9 Å². The minimum atomic E-state index is -0.615. The molecule has 0 saturated heterocycles. The Hall–Kier alpha value is -2.90. The Morgan fingerprint density at radius 3 is 2.32 bits per heavy atom. The minimum Gasteiger partial charge on any atom is -0.461 e. The molecule has 2 aromatic heterocycles. The highest BCUT2D eigenvalue weighted by atomic mass is 16.5. The van der Waals surface area contributed by atoms with Crippen LogP contribution in [0.5, 0.6) is 0 Å². The molecule has 0 aromatic carbocycles. The number of carbonyl (C=O) groups excluding carboxylic acids is 2. The van der Waals surface area contributed by atoms with Crippen molar-refractivity contribution in [2.45, 2.75) is 33.7 Å². The van der Waals surface area contributed by atoms with E-state index in [2.05, 4.69) is 17.1 Å². The summed E-state index contributed by atoms with van der Waals surface area (Å²) >= 11 is 0. The van der Waals surface area contributed by atoms with Gasteiger partial charge in [-0.05, 0) is 32.4 Å². The van der Waals surface area contributed by atoms with Gasteiger partial charge in [0.2, 0.25) is 0 Å². The molecule has 0 radical (unpaired) electrons. The topological polar surface area (TPSA) is 87.7 Å². The smallest absolute Gasteiger partial charge is 0.358 e. The summed E-state index contributed by atoms with van der Waals surface area (Å²) in [5, 5.41) is 8.94. The van der Waals surface area contributed by atoms with Gasteiger partial charge >= 0.3 is 11.9 Å². The molecule has 0 amide bonds. The normalized spacial score (nSPS) is 10.4. The molecular formula is C17H22N4O4. The molecule has 0 aliphatic heterocycles. The van der Waals surface area contributed by atoms with Crippen molar-refractivity contribution in [2.75, 3.05) is 13.2 Å². The van der Waals surface area contributed by atoms with Gasteiger partial charge in [-0.3, -0.25) is 0 Å². The lowest BCUT2D eigenvalue weighted by atomic mass is 10.3. The maximum absolute atomic E-state index is 12.1. The molecule has 0 saturated carbocycles. The molecule has 0 aliphatic carbocycles. The first-order valence-corrected chi connectivity index (χ1v) is 8.24. The zero-order valence-electron chi connectivity index (χ0n) is 14.6. The van der Waals surface area contributed by atoms with Crippen molar-refractivity contribution in [1.82, 2.24) is 14.5 Å². The molecule has 2 aromatic rings. The Labute approximate surface area is 145 Å². The van der Waals surface area contributed by atoms with Gasteiger partial charge in [-0.15, -0.1) is 9.89 Å². The van der Waals surface area contributed by atoms with E-state index >= 15 is 0 Å². The third kappa shape index (κ3) is 4.79. The van der Waals surface area contributed by atoms with Crippen LogP contribution in [0.15, 0.2) is 35.7 Å². The average Bonchev–Trinajstić information content (AvgIpc) is 3.01. The summed E-state index contributed by atoms with van der Waals surface area (Å²) in [4.78, 5) is 25.1. The molecule has 0 fully saturated rings. The van der Waals surface area contributed by atoms with E-state index in [0.29, 0.717) is 5.36 Å². The fourth-order valence-electron chi connectivity index (χ4n) is 2.13. The number of carbonyl (C=O) groups is 2. The monoisotopic (exact) mass is 346 g/mol. The summed E-state index contributed by atoms with van der Waals surface area (Å²) in [6, 6.07) is 4.92. The predicted octanol–water partition coefficient (Wildman–Crippen LogP) is 1.81. The van der Waals surface area contributed by atoms with Gasteiger partial charge in [0.1, 0.15) is 0 Å². The highest BCUT2D eigenvalue weighted by molar-refractivity contribution is 5.93. The lowest BCUT2D eigenvalue weighted by molar-refractivity contribution is 0.0507. The molecule has 0 bridgehead atoms. The molecule has 0 unspecified atom stereocenters. The average molecular weight is 346 g/mol. The van der Waals surface area contributed by atoms with Gasteiger partial charge in [0.05, 0.1) is 18.6 Å². The van der Waals surface area contributed by atoms with Crippen LogP contribution in [-0.2, 0) is 16.0 Å². The van der Waals surface area contributed by atoms with Crippen molar-refractivity contribution in [3.8, 4) is 0 Å². The largest absolute Gasteiger partial charge is 0.461 e. The Balaban J connectivity index is 2.41. The maximum atomic E-state index is 12.1.